The molecule has 3 aromatic carbocycles. The second-order valence-corrected chi connectivity index (χ2v) is 21.3. The molecule has 5 fully saturated rings. The van der Waals surface area contributed by atoms with Crippen LogP contribution in [0.4, 0.5) is 0 Å². The Balaban J connectivity index is 1.15. The fourth-order valence-electron chi connectivity index (χ4n) is 13.6. The van der Waals surface area contributed by atoms with Gasteiger partial charge in [0.1, 0.15) is 17.5 Å². The molecule has 0 radical (unpaired) electrons. The molecule has 5 aliphatic carbocycles. The van der Waals surface area contributed by atoms with E-state index in [1.54, 1.807) is 6.92 Å². The topological polar surface area (TPSA) is 67.2 Å². The van der Waals surface area contributed by atoms with E-state index < -0.39 is 6.89 Å². The Labute approximate surface area is 305 Å². The van der Waals surface area contributed by atoms with Crippen molar-refractivity contribution >= 4 is 39.8 Å². The summed E-state index contributed by atoms with van der Waals surface area (Å²) < 4.78 is 5.95. The number of nitriles is 1. The predicted octanol–water partition coefficient (Wildman–Crippen LogP) is 9.01. The zero-order valence-electron chi connectivity index (χ0n) is 31.2. The molecule has 51 heavy (non-hydrogen) atoms. The summed E-state index contributed by atoms with van der Waals surface area (Å²) in [6.45, 7) is 8.67. The molecule has 0 aliphatic heterocycles. The van der Waals surface area contributed by atoms with E-state index in [-0.39, 0.29) is 40.0 Å². The van der Waals surface area contributed by atoms with Crippen LogP contribution in [0.5, 0.6) is 0 Å². The van der Waals surface area contributed by atoms with Gasteiger partial charge in [0, 0.05) is 18.8 Å². The van der Waals surface area contributed by atoms with Gasteiger partial charge < -0.3 is 4.74 Å². The average Bonchev–Trinajstić information content (AvgIpc) is 3.73. The number of Topliss-reactive ketones (excluding diaryl/α,β-unsaturated/α-hetero) is 1. The fraction of sp³-hybridized carbons (Fsp3) is 0.522. The highest BCUT2D eigenvalue weighted by molar-refractivity contribution is 7.96. The molecule has 0 bridgehead atoms. The van der Waals surface area contributed by atoms with Gasteiger partial charge in [-0.25, -0.2) is 0 Å². The highest BCUT2D eigenvalue weighted by Crippen LogP contribution is 2.89. The third-order valence-electron chi connectivity index (χ3n) is 16.1. The number of nitrogens with zero attached hydrogens (tertiary/aromatic N) is 1. The highest BCUT2D eigenvalue weighted by Gasteiger charge is 2.82. The third-order valence-corrected chi connectivity index (χ3v) is 20.3. The summed E-state index contributed by atoms with van der Waals surface area (Å²) in [5, 5.41) is 14.7. The van der Waals surface area contributed by atoms with Crippen molar-refractivity contribution in [3.8, 4) is 6.07 Å². The zero-order chi connectivity index (χ0) is 35.9. The van der Waals surface area contributed by atoms with Gasteiger partial charge in [0.15, 0.2) is 5.78 Å². The van der Waals surface area contributed by atoms with Gasteiger partial charge in [-0.2, -0.15) is 5.26 Å². The summed E-state index contributed by atoms with van der Waals surface area (Å²) >= 11 is 0. The Morgan fingerprint density at radius 1 is 0.706 bits per heavy atom. The summed E-state index contributed by atoms with van der Waals surface area (Å²) in [6, 6.07) is 33.6. The normalized spacial score (nSPS) is 35.9. The molecule has 0 aromatic heterocycles. The van der Waals surface area contributed by atoms with E-state index in [2.05, 4.69) is 70.2 Å². The summed E-state index contributed by atoms with van der Waals surface area (Å²) in [6.07, 6.45) is 11.0. The quantitative estimate of drug-likeness (QED) is 0.182. The lowest BCUT2D eigenvalue weighted by molar-refractivity contribution is -0.180. The van der Waals surface area contributed by atoms with E-state index in [0.29, 0.717) is 34.4 Å². The number of carbonyl (C=O) groups excluding carboxylic acids is 2. The van der Waals surface area contributed by atoms with Crippen LogP contribution >= 0.6 is 6.89 Å². The van der Waals surface area contributed by atoms with Crippen molar-refractivity contribution in [2.24, 2.45) is 44.8 Å². The molecule has 0 N–H and O–H groups in total. The second-order valence-electron chi connectivity index (χ2n) is 18.0. The molecular formula is C46H54NO3P. The Hall–Kier alpha value is -3.41. The van der Waals surface area contributed by atoms with Crippen molar-refractivity contribution in [3.63, 3.8) is 0 Å². The number of fused-ring (bicyclic) bond motifs is 2. The molecule has 0 heterocycles. The van der Waals surface area contributed by atoms with Gasteiger partial charge in [0.05, 0.1) is 0 Å². The molecule has 3 unspecified atom stereocenters. The van der Waals surface area contributed by atoms with Crippen LogP contribution < -0.4 is 15.9 Å². The van der Waals surface area contributed by atoms with E-state index in [4.69, 9.17) is 4.74 Å². The summed E-state index contributed by atoms with van der Waals surface area (Å²) in [7, 11) is 0. The van der Waals surface area contributed by atoms with E-state index >= 15 is 4.79 Å². The van der Waals surface area contributed by atoms with Gasteiger partial charge in [-0.3, -0.25) is 9.59 Å². The summed E-state index contributed by atoms with van der Waals surface area (Å²) in [5.41, 5.74) is 0.938. The number of hydrogen-bond donors (Lipinski definition) is 0. The maximum Gasteiger partial charge on any atom is 0.302 e. The first-order valence-electron chi connectivity index (χ1n) is 19.4. The van der Waals surface area contributed by atoms with Crippen LogP contribution in [0.15, 0.2) is 91.0 Å². The van der Waals surface area contributed by atoms with Gasteiger partial charge in [-0.1, -0.05) is 119 Å². The van der Waals surface area contributed by atoms with E-state index in [0.717, 1.165) is 41.6 Å². The highest BCUT2D eigenvalue weighted by atomic mass is 31.2. The van der Waals surface area contributed by atoms with Crippen molar-refractivity contribution in [1.82, 2.24) is 0 Å². The number of ketones is 1. The smallest absolute Gasteiger partial charge is 0.302 e. The zero-order valence-corrected chi connectivity index (χ0v) is 32.1. The molecule has 5 heteroatoms. The van der Waals surface area contributed by atoms with Crippen molar-refractivity contribution < 1.29 is 14.3 Å². The second kappa shape index (κ2) is 12.1. The van der Waals surface area contributed by atoms with Crippen LogP contribution in [0.2, 0.25) is 0 Å². The standard InChI is InChI=1S/C46H54NO3P/c1-32(48)50-41-24-26-45-31-46(45)28-27-43(4)33(23-25-44(43,5)40(46)22-21-39(45)42(41,2)3)29-37(49)38(30-47)51(34-15-9-6-10-16-34,35-17-11-7-12-18-35)36-19-13-8-14-20-36/h6-20,33,39-41H,21-29,31H2,1-5H3/t33?,39?,40?,41-,43+,44-,45+,46-/m0/s1. The van der Waals surface area contributed by atoms with Gasteiger partial charge in [-0.05, 0) is 120 Å². The molecule has 2 spiro atoms. The maximum absolute atomic E-state index is 15.1. The van der Waals surface area contributed by atoms with E-state index in [1.807, 2.05) is 54.6 Å². The number of hydrogen-bond acceptors (Lipinski definition) is 4. The molecule has 0 amide bonds. The Bertz CT molecular complexity index is 1840. The van der Waals surface area contributed by atoms with Crippen LogP contribution in [-0.2, 0) is 14.3 Å². The molecule has 8 atom stereocenters. The average molecular weight is 700 g/mol. The van der Waals surface area contributed by atoms with Gasteiger partial charge in [0.2, 0.25) is 0 Å². The molecule has 4 nitrogen and oxygen atoms in total. The molecule has 0 saturated heterocycles. The molecule has 5 aliphatic rings. The van der Waals surface area contributed by atoms with Crippen LogP contribution in [0.3, 0.4) is 0 Å². The first kappa shape index (κ1) is 34.7. The minimum Gasteiger partial charge on any atom is -0.462 e. The van der Waals surface area contributed by atoms with Crippen LogP contribution in [0, 0.1) is 56.2 Å². The van der Waals surface area contributed by atoms with E-state index in [1.165, 1.54) is 32.1 Å². The minimum absolute atomic E-state index is 0.00865. The van der Waals surface area contributed by atoms with Crippen molar-refractivity contribution in [1.29, 1.82) is 5.26 Å². The number of esters is 1. The summed E-state index contributed by atoms with van der Waals surface area (Å²) in [5.74, 6) is 1.39. The lowest BCUT2D eigenvalue weighted by Crippen LogP contribution is -2.57. The first-order valence-corrected chi connectivity index (χ1v) is 21.2. The molecule has 8 rings (SSSR count). The molecular weight excluding hydrogens is 645 g/mol. The van der Waals surface area contributed by atoms with Crippen molar-refractivity contribution in [2.45, 2.75) is 105 Å². The number of ether oxygens (including phenoxy) is 1. The lowest BCUT2D eigenvalue weighted by atomic mass is 9.42. The summed E-state index contributed by atoms with van der Waals surface area (Å²) in [4.78, 5) is 27.1. The van der Waals surface area contributed by atoms with Gasteiger partial charge in [0.25, 0.3) is 0 Å². The Morgan fingerprint density at radius 3 is 1.76 bits per heavy atom. The van der Waals surface area contributed by atoms with Crippen molar-refractivity contribution in [3.05, 3.63) is 91.0 Å². The number of benzene rings is 3. The van der Waals surface area contributed by atoms with Gasteiger partial charge in [-0.15, -0.1) is 0 Å². The SMILES string of the molecule is CC(=O)O[C@H]1CC[C@]23C[C@]24CC[C@]2(C)C(CC(=O)C(C#N)=P(c5ccccc5)(c5ccccc5)c5ccccc5)CC[C@@]2(C)C4CCC3C1(C)C. The van der Waals surface area contributed by atoms with Crippen LogP contribution in [0.1, 0.15) is 98.8 Å². The maximum atomic E-state index is 15.1. The van der Waals surface area contributed by atoms with E-state index in [9.17, 15) is 10.1 Å². The van der Waals surface area contributed by atoms with Crippen molar-refractivity contribution in [2.75, 3.05) is 0 Å². The predicted molar refractivity (Wildman–Crippen MR) is 208 cm³/mol. The molecule has 266 valence electrons. The van der Waals surface area contributed by atoms with Gasteiger partial charge >= 0.3 is 5.97 Å². The Morgan fingerprint density at radius 2 is 1.24 bits per heavy atom. The molecule has 3 aromatic rings. The third kappa shape index (κ3) is 4.69. The van der Waals surface area contributed by atoms with Crippen LogP contribution in [-0.4, -0.2) is 23.2 Å². The Kier molecular flexibility index (Phi) is 8.20. The number of carbonyl (C=O) groups is 2. The largest absolute Gasteiger partial charge is 0.462 e. The molecule has 5 saturated carbocycles. The van der Waals surface area contributed by atoms with Crippen LogP contribution in [0.25, 0.3) is 0 Å². The lowest BCUT2D eigenvalue weighted by Gasteiger charge is -2.63. The first-order chi connectivity index (χ1) is 24.4. The minimum atomic E-state index is -2.75. The fourth-order valence-corrected chi connectivity index (χ4v) is 17.8. The number of rotatable bonds is 7. The monoisotopic (exact) mass is 699 g/mol.